The summed E-state index contributed by atoms with van der Waals surface area (Å²) in [5, 5.41) is 19.7. The maximum atomic E-state index is 9.94. The van der Waals surface area contributed by atoms with Crippen molar-refractivity contribution in [3.63, 3.8) is 0 Å². The van der Waals surface area contributed by atoms with Crippen LogP contribution in [0.4, 0.5) is 0 Å². The molecule has 0 aromatic heterocycles. The molecular weight excluding hydrogens is 228 g/mol. The lowest BCUT2D eigenvalue weighted by Crippen LogP contribution is -2.46. The molecule has 0 spiro atoms. The maximum Gasteiger partial charge on any atom is 0.0965 e. The van der Waals surface area contributed by atoms with E-state index in [-0.39, 0.29) is 12.1 Å². The first kappa shape index (κ1) is 12.0. The number of rotatable bonds is 2. The van der Waals surface area contributed by atoms with Crippen molar-refractivity contribution in [1.29, 1.82) is 0 Å². The van der Waals surface area contributed by atoms with Crippen molar-refractivity contribution in [3.8, 4) is 11.8 Å². The van der Waals surface area contributed by atoms with Gasteiger partial charge in [0, 0.05) is 18.9 Å². The van der Waals surface area contributed by atoms with E-state index in [9.17, 15) is 10.2 Å². The highest BCUT2D eigenvalue weighted by atomic mass is 16.3. The van der Waals surface area contributed by atoms with Gasteiger partial charge >= 0.3 is 0 Å². The van der Waals surface area contributed by atoms with Crippen LogP contribution in [0.2, 0.25) is 0 Å². The topological polar surface area (TPSA) is 56.1 Å². The highest BCUT2D eigenvalue weighted by Gasteiger charge is 2.57. The van der Waals surface area contributed by atoms with Gasteiger partial charge in [0.25, 0.3) is 0 Å². The Morgan fingerprint density at radius 3 is 3.00 bits per heavy atom. The lowest BCUT2D eigenvalue weighted by molar-refractivity contribution is 0.0488. The molecule has 0 bridgehead atoms. The third kappa shape index (κ3) is 2.13. The molecule has 3 aliphatic rings. The number of hydrogen-bond donors (Lipinski definition) is 2. The van der Waals surface area contributed by atoms with E-state index in [0.717, 1.165) is 6.42 Å². The van der Waals surface area contributed by atoms with Crippen molar-refractivity contribution in [2.24, 2.45) is 16.8 Å². The van der Waals surface area contributed by atoms with Crippen LogP contribution < -0.4 is 0 Å². The van der Waals surface area contributed by atoms with Gasteiger partial charge in [-0.05, 0) is 26.2 Å². The van der Waals surface area contributed by atoms with Gasteiger partial charge in [0.1, 0.15) is 0 Å². The number of aliphatic imine (C=N–C) groups is 1. The van der Waals surface area contributed by atoms with E-state index in [1.165, 1.54) is 0 Å². The SMILES string of the molecule is CC(C)(O)CN1C=NC2C3CC(O)CC#CC1C32. The van der Waals surface area contributed by atoms with Crippen LogP contribution in [-0.4, -0.2) is 51.8 Å². The number of β-amino-alcohol motifs (C(OH)–C–C–N with tert-alkyl or cyclic N) is 1. The van der Waals surface area contributed by atoms with Crippen LogP contribution >= 0.6 is 0 Å². The Labute approximate surface area is 108 Å². The summed E-state index contributed by atoms with van der Waals surface area (Å²) in [6.45, 7) is 4.16. The third-order valence-corrected chi connectivity index (χ3v) is 4.00. The van der Waals surface area contributed by atoms with E-state index in [0.29, 0.717) is 30.8 Å². The largest absolute Gasteiger partial charge is 0.392 e. The molecule has 2 aliphatic carbocycles. The Morgan fingerprint density at radius 2 is 2.28 bits per heavy atom. The van der Waals surface area contributed by atoms with Crippen LogP contribution in [0, 0.1) is 23.7 Å². The van der Waals surface area contributed by atoms with Crippen molar-refractivity contribution in [1.82, 2.24) is 4.90 Å². The van der Waals surface area contributed by atoms with Crippen LogP contribution in [0.15, 0.2) is 4.99 Å². The van der Waals surface area contributed by atoms with Crippen molar-refractivity contribution < 1.29 is 10.2 Å². The monoisotopic (exact) mass is 248 g/mol. The van der Waals surface area contributed by atoms with E-state index >= 15 is 0 Å². The molecule has 5 atom stereocenters. The quantitative estimate of drug-likeness (QED) is 0.688. The Bertz CT molecular complexity index is 429. The zero-order valence-electron chi connectivity index (χ0n) is 10.9. The number of aliphatic hydroxyl groups excluding tert-OH is 1. The summed E-state index contributed by atoms with van der Waals surface area (Å²) in [7, 11) is 0. The number of fused-ring (bicyclic) bond motifs is 1. The molecule has 0 aromatic rings. The Morgan fingerprint density at radius 1 is 1.50 bits per heavy atom. The molecule has 98 valence electrons. The van der Waals surface area contributed by atoms with Crippen molar-refractivity contribution in [3.05, 3.63) is 0 Å². The van der Waals surface area contributed by atoms with Gasteiger partial charge in [-0.25, -0.2) is 0 Å². The summed E-state index contributed by atoms with van der Waals surface area (Å²) in [6.07, 6.45) is 2.92. The fourth-order valence-electron chi connectivity index (χ4n) is 3.21. The number of aliphatic hydroxyl groups is 2. The fourth-order valence-corrected chi connectivity index (χ4v) is 3.21. The van der Waals surface area contributed by atoms with E-state index in [2.05, 4.69) is 21.7 Å². The average molecular weight is 248 g/mol. The first-order valence-electron chi connectivity index (χ1n) is 6.63. The normalized spacial score (nSPS) is 41.3. The molecule has 2 N–H and O–H groups in total. The first-order chi connectivity index (χ1) is 8.46. The predicted molar refractivity (Wildman–Crippen MR) is 69.1 cm³/mol. The third-order valence-electron chi connectivity index (χ3n) is 4.00. The highest BCUT2D eigenvalue weighted by molar-refractivity contribution is 5.60. The zero-order valence-corrected chi connectivity index (χ0v) is 10.9. The van der Waals surface area contributed by atoms with Crippen molar-refractivity contribution in [2.75, 3.05) is 6.54 Å². The molecule has 4 heteroatoms. The van der Waals surface area contributed by atoms with Gasteiger partial charge in [-0.1, -0.05) is 11.8 Å². The zero-order chi connectivity index (χ0) is 12.9. The van der Waals surface area contributed by atoms with Crippen LogP contribution in [0.5, 0.6) is 0 Å². The summed E-state index contributed by atoms with van der Waals surface area (Å²) in [4.78, 5) is 6.60. The maximum absolute atomic E-state index is 9.94. The molecule has 1 saturated carbocycles. The molecule has 4 nitrogen and oxygen atoms in total. The number of hydrogen-bond acceptors (Lipinski definition) is 4. The fraction of sp³-hybridized carbons (Fsp3) is 0.786. The molecule has 5 unspecified atom stereocenters. The molecule has 1 aliphatic heterocycles. The Kier molecular flexibility index (Phi) is 2.65. The standard InChI is InChI=1S/C14H20N2O2/c1-14(2,18)7-16-8-15-13-10-6-9(17)4-3-5-11(16)12(10)13/h8-13,17-18H,4,6-7H2,1-2H3. The molecule has 1 heterocycles. The van der Waals surface area contributed by atoms with E-state index in [1.807, 2.05) is 6.34 Å². The summed E-state index contributed by atoms with van der Waals surface area (Å²) < 4.78 is 0. The van der Waals surface area contributed by atoms with Crippen LogP contribution in [-0.2, 0) is 0 Å². The second-order valence-corrected chi connectivity index (χ2v) is 6.34. The summed E-state index contributed by atoms with van der Waals surface area (Å²) in [5.41, 5.74) is -0.743. The minimum absolute atomic E-state index is 0.163. The van der Waals surface area contributed by atoms with Gasteiger partial charge in [0.2, 0.25) is 0 Å². The van der Waals surface area contributed by atoms with Crippen molar-refractivity contribution in [2.45, 2.75) is 50.5 Å². The minimum Gasteiger partial charge on any atom is -0.392 e. The Hall–Kier alpha value is -1.05. The summed E-state index contributed by atoms with van der Waals surface area (Å²) in [5.74, 6) is 7.26. The summed E-state index contributed by atoms with van der Waals surface area (Å²) >= 11 is 0. The first-order valence-corrected chi connectivity index (χ1v) is 6.63. The predicted octanol–water partition coefficient (Wildman–Crippen LogP) is 0.242. The average Bonchev–Trinajstić information content (AvgIpc) is 2.89. The van der Waals surface area contributed by atoms with Gasteiger partial charge in [-0.15, -0.1) is 0 Å². The van der Waals surface area contributed by atoms with Crippen molar-refractivity contribution >= 4 is 6.34 Å². The Balaban J connectivity index is 1.82. The molecule has 18 heavy (non-hydrogen) atoms. The molecule has 3 rings (SSSR count). The summed E-state index contributed by atoms with van der Waals surface area (Å²) in [6, 6.07) is 0.506. The van der Waals surface area contributed by atoms with Gasteiger partial charge in [-0.2, -0.15) is 0 Å². The second-order valence-electron chi connectivity index (χ2n) is 6.34. The second kappa shape index (κ2) is 3.97. The minimum atomic E-state index is -0.743. The van der Waals surface area contributed by atoms with Crippen LogP contribution in [0.1, 0.15) is 26.7 Å². The van der Waals surface area contributed by atoms with E-state index in [4.69, 9.17) is 0 Å². The molecule has 0 aromatic carbocycles. The lowest BCUT2D eigenvalue weighted by atomic mass is 10.00. The highest BCUT2D eigenvalue weighted by Crippen LogP contribution is 2.51. The van der Waals surface area contributed by atoms with E-state index < -0.39 is 5.60 Å². The molecular formula is C14H20N2O2. The van der Waals surface area contributed by atoms with Gasteiger partial charge in [0.05, 0.1) is 30.1 Å². The van der Waals surface area contributed by atoms with E-state index in [1.54, 1.807) is 13.8 Å². The smallest absolute Gasteiger partial charge is 0.0965 e. The number of nitrogens with zero attached hydrogens (tertiary/aromatic N) is 2. The molecule has 0 radical (unpaired) electrons. The van der Waals surface area contributed by atoms with Gasteiger partial charge in [-0.3, -0.25) is 4.99 Å². The van der Waals surface area contributed by atoms with Gasteiger partial charge in [0.15, 0.2) is 0 Å². The molecule has 0 saturated heterocycles. The lowest BCUT2D eigenvalue weighted by Gasteiger charge is -2.33. The van der Waals surface area contributed by atoms with Crippen LogP contribution in [0.3, 0.4) is 0 Å². The molecule has 0 amide bonds. The van der Waals surface area contributed by atoms with Gasteiger partial charge < -0.3 is 15.1 Å². The molecule has 1 fully saturated rings. The van der Waals surface area contributed by atoms with Crippen LogP contribution in [0.25, 0.3) is 0 Å².